The van der Waals surface area contributed by atoms with Gasteiger partial charge in [0, 0.05) is 6.20 Å². The fourth-order valence-corrected chi connectivity index (χ4v) is 4.45. The van der Waals surface area contributed by atoms with Crippen LogP contribution in [0.4, 0.5) is 14.6 Å². The van der Waals surface area contributed by atoms with Crippen LogP contribution in [0.3, 0.4) is 0 Å². The number of nitrogens with zero attached hydrogens (tertiary/aromatic N) is 2. The third-order valence-electron chi connectivity index (χ3n) is 3.62. The molecule has 1 aliphatic rings. The highest BCUT2D eigenvalue weighted by atomic mass is 35.5. The van der Waals surface area contributed by atoms with E-state index in [1.807, 2.05) is 0 Å². The molecule has 26 heavy (non-hydrogen) atoms. The van der Waals surface area contributed by atoms with Gasteiger partial charge in [0.1, 0.15) is 18.0 Å². The second-order valence-electron chi connectivity index (χ2n) is 5.44. The second kappa shape index (κ2) is 7.87. The number of nitrogens with two attached hydrogens (primary N) is 1. The monoisotopic (exact) mass is 417 g/mol. The maximum atomic E-state index is 14.5. The first-order chi connectivity index (χ1) is 12.1. The number of halogens is 3. The smallest absolute Gasteiger partial charge is 0.351 e. The van der Waals surface area contributed by atoms with E-state index in [-0.39, 0.29) is 24.1 Å². The average molecular weight is 418 g/mol. The highest BCUT2D eigenvalue weighted by Crippen LogP contribution is 2.53. The van der Waals surface area contributed by atoms with Crippen molar-refractivity contribution in [3.8, 4) is 0 Å². The first kappa shape index (κ1) is 21.2. The first-order valence-corrected chi connectivity index (χ1v) is 9.80. The number of aromatic nitrogens is 2. The summed E-state index contributed by atoms with van der Waals surface area (Å²) in [6, 6.07) is 0. The van der Waals surface area contributed by atoms with Gasteiger partial charge in [-0.3, -0.25) is 9.13 Å². The highest BCUT2D eigenvalue weighted by Gasteiger charge is 2.61. The molecule has 0 spiro atoms. The zero-order chi connectivity index (χ0) is 19.7. The number of aliphatic hydroxyl groups is 1. The number of aliphatic hydroxyl groups excluding tert-OH is 1. The SMILES string of the molecule is CCOP(=O)(C[C@H]1O[C@@H](n2cc(Cl)c(N)nc2=O)C(F)(F)[C@@H]1O)OCC. The normalized spacial score (nSPS) is 25.5. The minimum absolute atomic E-state index is 0.0108. The molecule has 0 aromatic carbocycles. The molecule has 148 valence electrons. The van der Waals surface area contributed by atoms with Crippen molar-refractivity contribution in [2.75, 3.05) is 25.1 Å². The third kappa shape index (κ3) is 4.08. The lowest BCUT2D eigenvalue weighted by Gasteiger charge is -2.22. The summed E-state index contributed by atoms with van der Waals surface area (Å²) in [5.74, 6) is -4.22. The second-order valence-corrected chi connectivity index (χ2v) is 7.95. The number of hydrogen-bond acceptors (Lipinski definition) is 8. The van der Waals surface area contributed by atoms with Crippen LogP contribution in [0.2, 0.25) is 5.02 Å². The highest BCUT2D eigenvalue weighted by molar-refractivity contribution is 7.53. The lowest BCUT2D eigenvalue weighted by Crippen LogP contribution is -2.42. The standard InChI is InChI=1S/C13H19ClF2N3O6P/c1-3-23-26(22,24-4-2)6-8-9(20)13(15,16)11(25-8)19-5-7(14)10(17)18-12(19)21/h5,8-9,11,20H,3-4,6H2,1-2H3,(H2,17,18,21)/t8-,9-,11-/m1/s1. The Balaban J connectivity index is 2.34. The summed E-state index contributed by atoms with van der Waals surface area (Å²) in [6.07, 6.45) is -5.96. The number of hydrogen-bond donors (Lipinski definition) is 2. The number of alkyl halides is 2. The van der Waals surface area contributed by atoms with Gasteiger partial charge in [0.05, 0.1) is 24.4 Å². The molecule has 0 amide bonds. The summed E-state index contributed by atoms with van der Waals surface area (Å²) in [6.45, 7) is 3.13. The van der Waals surface area contributed by atoms with Crippen LogP contribution >= 0.6 is 19.2 Å². The van der Waals surface area contributed by atoms with Crippen LogP contribution in [-0.2, 0) is 18.3 Å². The molecule has 2 heterocycles. The molecular weight excluding hydrogens is 399 g/mol. The Hall–Kier alpha value is -1.10. The van der Waals surface area contributed by atoms with Crippen molar-refractivity contribution in [1.82, 2.24) is 9.55 Å². The van der Waals surface area contributed by atoms with E-state index in [2.05, 4.69) is 4.98 Å². The van der Waals surface area contributed by atoms with Gasteiger partial charge in [0.2, 0.25) is 6.23 Å². The topological polar surface area (TPSA) is 126 Å². The van der Waals surface area contributed by atoms with Gasteiger partial charge in [-0.1, -0.05) is 11.6 Å². The van der Waals surface area contributed by atoms with Crippen molar-refractivity contribution in [1.29, 1.82) is 0 Å². The van der Waals surface area contributed by atoms with Gasteiger partial charge in [0.15, 0.2) is 0 Å². The fraction of sp³-hybridized carbons (Fsp3) is 0.692. The van der Waals surface area contributed by atoms with Crippen LogP contribution in [0.25, 0.3) is 0 Å². The summed E-state index contributed by atoms with van der Waals surface area (Å²) in [5, 5.41) is 9.72. The number of nitrogen functional groups attached to an aromatic ring is 1. The molecule has 0 aliphatic carbocycles. The van der Waals surface area contributed by atoms with Crippen molar-refractivity contribution < 1.29 is 32.2 Å². The molecule has 0 bridgehead atoms. The summed E-state index contributed by atoms with van der Waals surface area (Å²) >= 11 is 5.72. The van der Waals surface area contributed by atoms with E-state index in [1.165, 1.54) is 0 Å². The van der Waals surface area contributed by atoms with Gasteiger partial charge in [-0.05, 0) is 13.8 Å². The van der Waals surface area contributed by atoms with E-state index in [4.69, 9.17) is 31.1 Å². The molecule has 3 atom stereocenters. The molecule has 2 rings (SSSR count). The molecule has 3 N–H and O–H groups in total. The van der Waals surface area contributed by atoms with Gasteiger partial charge in [-0.15, -0.1) is 0 Å². The third-order valence-corrected chi connectivity index (χ3v) is 6.02. The molecule has 1 aliphatic heterocycles. The van der Waals surface area contributed by atoms with Crippen LogP contribution in [-0.4, -0.2) is 52.2 Å². The predicted molar refractivity (Wildman–Crippen MR) is 88.5 cm³/mol. The molecule has 0 radical (unpaired) electrons. The maximum Gasteiger partial charge on any atom is 0.351 e. The Bertz CT molecular complexity index is 754. The van der Waals surface area contributed by atoms with Crippen molar-refractivity contribution in [2.45, 2.75) is 38.2 Å². The first-order valence-electron chi connectivity index (χ1n) is 7.69. The minimum atomic E-state index is -3.89. The molecule has 0 unspecified atom stereocenters. The zero-order valence-corrected chi connectivity index (χ0v) is 15.6. The van der Waals surface area contributed by atoms with E-state index < -0.39 is 43.8 Å². The molecule has 1 fully saturated rings. The molecule has 1 saturated heterocycles. The Morgan fingerprint density at radius 3 is 2.58 bits per heavy atom. The number of anilines is 1. The van der Waals surface area contributed by atoms with Crippen LogP contribution < -0.4 is 11.4 Å². The number of rotatable bonds is 7. The molecule has 0 saturated carbocycles. The molecule has 1 aromatic rings. The van der Waals surface area contributed by atoms with Crippen LogP contribution in [0.15, 0.2) is 11.0 Å². The molecule has 13 heteroatoms. The van der Waals surface area contributed by atoms with Gasteiger partial charge >= 0.3 is 19.2 Å². The Morgan fingerprint density at radius 2 is 2.04 bits per heavy atom. The quantitative estimate of drug-likeness (QED) is 0.641. The van der Waals surface area contributed by atoms with Crippen LogP contribution in [0.5, 0.6) is 0 Å². The molecule has 1 aromatic heterocycles. The predicted octanol–water partition coefficient (Wildman–Crippen LogP) is 1.64. The number of ether oxygens (including phenoxy) is 1. The van der Waals surface area contributed by atoms with Gasteiger partial charge in [-0.2, -0.15) is 13.8 Å². The van der Waals surface area contributed by atoms with E-state index in [0.717, 1.165) is 6.20 Å². The van der Waals surface area contributed by atoms with E-state index in [1.54, 1.807) is 13.8 Å². The van der Waals surface area contributed by atoms with Gasteiger partial charge < -0.3 is 24.6 Å². The van der Waals surface area contributed by atoms with Crippen molar-refractivity contribution in [2.24, 2.45) is 0 Å². The fourth-order valence-electron chi connectivity index (χ4n) is 2.50. The van der Waals surface area contributed by atoms with Crippen molar-refractivity contribution in [3.05, 3.63) is 21.7 Å². The minimum Gasteiger partial charge on any atom is -0.384 e. The van der Waals surface area contributed by atoms with Crippen molar-refractivity contribution in [3.63, 3.8) is 0 Å². The van der Waals surface area contributed by atoms with Crippen LogP contribution in [0, 0.1) is 0 Å². The van der Waals surface area contributed by atoms with Gasteiger partial charge in [0.25, 0.3) is 0 Å². The zero-order valence-electron chi connectivity index (χ0n) is 14.0. The Morgan fingerprint density at radius 1 is 1.46 bits per heavy atom. The van der Waals surface area contributed by atoms with Crippen LogP contribution in [0.1, 0.15) is 20.1 Å². The summed E-state index contributed by atoms with van der Waals surface area (Å²) in [7, 11) is -3.78. The Kier molecular flexibility index (Phi) is 6.42. The lowest BCUT2D eigenvalue weighted by molar-refractivity contribution is -0.140. The Labute approximate surface area is 152 Å². The molecule has 9 nitrogen and oxygen atoms in total. The summed E-state index contributed by atoms with van der Waals surface area (Å²) < 4.78 is 57.1. The van der Waals surface area contributed by atoms with Gasteiger partial charge in [-0.25, -0.2) is 4.79 Å². The average Bonchev–Trinajstić information content (AvgIpc) is 2.75. The molecular formula is C13H19ClF2N3O6P. The maximum absolute atomic E-state index is 14.5. The van der Waals surface area contributed by atoms with E-state index in [9.17, 15) is 23.2 Å². The largest absolute Gasteiger partial charge is 0.384 e. The van der Waals surface area contributed by atoms with Crippen molar-refractivity contribution >= 4 is 25.0 Å². The van der Waals surface area contributed by atoms with E-state index >= 15 is 0 Å². The summed E-state index contributed by atoms with van der Waals surface area (Å²) in [4.78, 5) is 15.2. The lowest BCUT2D eigenvalue weighted by atomic mass is 10.1. The van der Waals surface area contributed by atoms with E-state index in [0.29, 0.717) is 4.57 Å². The summed E-state index contributed by atoms with van der Waals surface area (Å²) in [5.41, 5.74) is 4.22.